The molecule has 0 aromatic carbocycles. The van der Waals surface area contributed by atoms with Gasteiger partial charge in [0, 0.05) is 0 Å². The van der Waals surface area contributed by atoms with Crippen molar-refractivity contribution >= 4 is 17.7 Å². The van der Waals surface area contributed by atoms with E-state index in [1.54, 1.807) is 0 Å². The second kappa shape index (κ2) is 7.12. The van der Waals surface area contributed by atoms with Crippen LogP contribution in [0.1, 0.15) is 26.2 Å². The molecule has 0 bridgehead atoms. The molecule has 0 amide bonds. The molecule has 1 saturated heterocycles. The molecule has 0 unspecified atom stereocenters. The van der Waals surface area contributed by atoms with Gasteiger partial charge in [0.1, 0.15) is 0 Å². The summed E-state index contributed by atoms with van der Waals surface area (Å²) in [6.45, 7) is 5.25. The second-order valence-electron chi connectivity index (χ2n) is 4.00. The first-order chi connectivity index (χ1) is 7.24. The van der Waals surface area contributed by atoms with E-state index in [0.29, 0.717) is 0 Å². The number of hydrogen-bond donors (Lipinski definition) is 1. The summed E-state index contributed by atoms with van der Waals surface area (Å²) in [5, 5.41) is 8.85. The quantitative estimate of drug-likeness (QED) is 0.709. The molecule has 0 aromatic heterocycles. The van der Waals surface area contributed by atoms with Gasteiger partial charge < -0.3 is 10.0 Å². The SMILES string of the molecule is CCSCCCN1CCC(C(=O)O)CC1. The highest BCUT2D eigenvalue weighted by Gasteiger charge is 2.23. The molecule has 88 valence electrons. The number of rotatable bonds is 6. The summed E-state index contributed by atoms with van der Waals surface area (Å²) in [5.74, 6) is 1.72. The van der Waals surface area contributed by atoms with Gasteiger partial charge in [-0.25, -0.2) is 0 Å². The van der Waals surface area contributed by atoms with Gasteiger partial charge in [-0.1, -0.05) is 6.92 Å². The third kappa shape index (κ3) is 4.89. The molecule has 1 N–H and O–H groups in total. The predicted octanol–water partition coefficient (Wildman–Crippen LogP) is 1.93. The fourth-order valence-corrected chi connectivity index (χ4v) is 2.56. The molecule has 4 heteroatoms. The van der Waals surface area contributed by atoms with Crippen LogP contribution < -0.4 is 0 Å². The topological polar surface area (TPSA) is 40.5 Å². The van der Waals surface area contributed by atoms with Gasteiger partial charge in [0.25, 0.3) is 0 Å². The summed E-state index contributed by atoms with van der Waals surface area (Å²) in [6, 6.07) is 0. The lowest BCUT2D eigenvalue weighted by Crippen LogP contribution is -2.36. The summed E-state index contributed by atoms with van der Waals surface area (Å²) < 4.78 is 0. The molecule has 0 saturated carbocycles. The molecule has 1 aliphatic rings. The molecule has 3 nitrogen and oxygen atoms in total. The first-order valence-electron chi connectivity index (χ1n) is 5.77. The van der Waals surface area contributed by atoms with E-state index in [2.05, 4.69) is 11.8 Å². The van der Waals surface area contributed by atoms with Crippen molar-refractivity contribution < 1.29 is 9.90 Å². The highest BCUT2D eigenvalue weighted by atomic mass is 32.2. The summed E-state index contributed by atoms with van der Waals surface area (Å²) in [5.41, 5.74) is 0. The van der Waals surface area contributed by atoms with Crippen LogP contribution in [-0.2, 0) is 4.79 Å². The van der Waals surface area contributed by atoms with Gasteiger partial charge in [-0.3, -0.25) is 4.79 Å². The number of carboxylic acid groups (broad SMARTS) is 1. The van der Waals surface area contributed by atoms with Crippen LogP contribution in [0.25, 0.3) is 0 Å². The van der Waals surface area contributed by atoms with Crippen LogP contribution in [0.2, 0.25) is 0 Å². The molecule has 15 heavy (non-hydrogen) atoms. The molecule has 0 atom stereocenters. The Balaban J connectivity index is 2.07. The molecule has 0 spiro atoms. The minimum atomic E-state index is -0.615. The number of likely N-dealkylation sites (tertiary alicyclic amines) is 1. The zero-order valence-electron chi connectivity index (χ0n) is 9.45. The minimum absolute atomic E-state index is 0.0914. The lowest BCUT2D eigenvalue weighted by Gasteiger charge is -2.29. The monoisotopic (exact) mass is 231 g/mol. The molecule has 0 aromatic rings. The zero-order chi connectivity index (χ0) is 11.1. The van der Waals surface area contributed by atoms with Crippen molar-refractivity contribution in [3.8, 4) is 0 Å². The number of piperidine rings is 1. The molecule has 0 radical (unpaired) electrons. The van der Waals surface area contributed by atoms with Crippen LogP contribution in [0.3, 0.4) is 0 Å². The van der Waals surface area contributed by atoms with Crippen LogP contribution in [0.5, 0.6) is 0 Å². The van der Waals surface area contributed by atoms with Gasteiger partial charge in [0.15, 0.2) is 0 Å². The van der Waals surface area contributed by atoms with E-state index < -0.39 is 5.97 Å². The Morgan fingerprint density at radius 2 is 2.13 bits per heavy atom. The van der Waals surface area contributed by atoms with Gasteiger partial charge >= 0.3 is 5.97 Å². The van der Waals surface area contributed by atoms with Gasteiger partial charge in [-0.2, -0.15) is 11.8 Å². The van der Waals surface area contributed by atoms with Crippen molar-refractivity contribution in [2.75, 3.05) is 31.1 Å². The normalized spacial score (nSPS) is 19.3. The summed E-state index contributed by atoms with van der Waals surface area (Å²) in [4.78, 5) is 13.1. The standard InChI is InChI=1S/C11H21NO2S/c1-2-15-9-3-6-12-7-4-10(5-8-12)11(13)14/h10H,2-9H2,1H3,(H,13,14). The van der Waals surface area contributed by atoms with E-state index in [4.69, 9.17) is 5.11 Å². The second-order valence-corrected chi connectivity index (χ2v) is 5.40. The zero-order valence-corrected chi connectivity index (χ0v) is 10.3. The lowest BCUT2D eigenvalue weighted by molar-refractivity contribution is -0.143. The summed E-state index contributed by atoms with van der Waals surface area (Å²) >= 11 is 1.98. The van der Waals surface area contributed by atoms with Gasteiger partial charge in [0.2, 0.25) is 0 Å². The third-order valence-corrected chi connectivity index (χ3v) is 3.89. The van der Waals surface area contributed by atoms with Crippen LogP contribution in [0.4, 0.5) is 0 Å². The van der Waals surface area contributed by atoms with E-state index in [0.717, 1.165) is 32.5 Å². The minimum Gasteiger partial charge on any atom is -0.481 e. The molecular formula is C11H21NO2S. The Labute approximate surface area is 96.2 Å². The van der Waals surface area contributed by atoms with Crippen molar-refractivity contribution in [3.63, 3.8) is 0 Å². The lowest BCUT2D eigenvalue weighted by atomic mass is 9.97. The van der Waals surface area contributed by atoms with E-state index in [1.165, 1.54) is 17.9 Å². The van der Waals surface area contributed by atoms with E-state index in [9.17, 15) is 4.79 Å². The van der Waals surface area contributed by atoms with Crippen molar-refractivity contribution in [2.45, 2.75) is 26.2 Å². The maximum Gasteiger partial charge on any atom is 0.306 e. The van der Waals surface area contributed by atoms with E-state index in [-0.39, 0.29) is 5.92 Å². The fraction of sp³-hybridized carbons (Fsp3) is 0.909. The number of thioether (sulfide) groups is 1. The summed E-state index contributed by atoms with van der Waals surface area (Å²) in [7, 11) is 0. The van der Waals surface area contributed by atoms with Crippen molar-refractivity contribution in [1.29, 1.82) is 0 Å². The Bertz CT molecular complexity index is 191. The van der Waals surface area contributed by atoms with Crippen LogP contribution in [-0.4, -0.2) is 47.1 Å². The fourth-order valence-electron chi connectivity index (χ4n) is 1.94. The Morgan fingerprint density at radius 3 is 2.67 bits per heavy atom. The molecule has 1 aliphatic heterocycles. The molecule has 1 rings (SSSR count). The number of aliphatic carboxylic acids is 1. The van der Waals surface area contributed by atoms with E-state index >= 15 is 0 Å². The van der Waals surface area contributed by atoms with Crippen LogP contribution >= 0.6 is 11.8 Å². The highest BCUT2D eigenvalue weighted by molar-refractivity contribution is 7.99. The van der Waals surface area contributed by atoms with Crippen molar-refractivity contribution in [2.24, 2.45) is 5.92 Å². The number of carbonyl (C=O) groups is 1. The average molecular weight is 231 g/mol. The number of nitrogens with zero attached hydrogens (tertiary/aromatic N) is 1. The van der Waals surface area contributed by atoms with Gasteiger partial charge in [-0.15, -0.1) is 0 Å². The molecule has 1 fully saturated rings. The third-order valence-electron chi connectivity index (χ3n) is 2.90. The smallest absolute Gasteiger partial charge is 0.306 e. The number of hydrogen-bond acceptors (Lipinski definition) is 3. The summed E-state index contributed by atoms with van der Waals surface area (Å²) in [6.07, 6.45) is 2.89. The molecule has 1 heterocycles. The van der Waals surface area contributed by atoms with Crippen LogP contribution in [0.15, 0.2) is 0 Å². The first kappa shape index (κ1) is 12.8. The number of carboxylic acids is 1. The van der Waals surface area contributed by atoms with E-state index in [1.807, 2.05) is 11.8 Å². The molecular weight excluding hydrogens is 210 g/mol. The predicted molar refractivity (Wildman–Crippen MR) is 64.4 cm³/mol. The molecule has 0 aliphatic carbocycles. The van der Waals surface area contributed by atoms with Crippen molar-refractivity contribution in [1.82, 2.24) is 4.90 Å². The largest absolute Gasteiger partial charge is 0.481 e. The Morgan fingerprint density at radius 1 is 1.47 bits per heavy atom. The Hall–Kier alpha value is -0.220. The van der Waals surface area contributed by atoms with Gasteiger partial charge in [-0.05, 0) is 50.4 Å². The highest BCUT2D eigenvalue weighted by Crippen LogP contribution is 2.17. The van der Waals surface area contributed by atoms with Gasteiger partial charge in [0.05, 0.1) is 5.92 Å². The maximum atomic E-state index is 10.7. The Kier molecular flexibility index (Phi) is 6.10. The average Bonchev–Trinajstić information content (AvgIpc) is 2.25. The maximum absolute atomic E-state index is 10.7. The van der Waals surface area contributed by atoms with Crippen LogP contribution in [0, 0.1) is 5.92 Å². The first-order valence-corrected chi connectivity index (χ1v) is 6.92. The van der Waals surface area contributed by atoms with Crippen molar-refractivity contribution in [3.05, 3.63) is 0 Å².